The van der Waals surface area contributed by atoms with Crippen molar-refractivity contribution in [2.24, 2.45) is 10.8 Å². The summed E-state index contributed by atoms with van der Waals surface area (Å²) in [6.07, 6.45) is 34.9. The van der Waals surface area contributed by atoms with Crippen molar-refractivity contribution in [2.75, 3.05) is 0 Å². The van der Waals surface area contributed by atoms with Crippen molar-refractivity contribution in [3.05, 3.63) is 119 Å². The summed E-state index contributed by atoms with van der Waals surface area (Å²) < 4.78 is 0. The Labute approximate surface area is 244 Å². The third-order valence-corrected chi connectivity index (χ3v) is 8.82. The maximum atomic E-state index is 12.9. The summed E-state index contributed by atoms with van der Waals surface area (Å²) >= 11 is 0. The van der Waals surface area contributed by atoms with Crippen LogP contribution in [0.1, 0.15) is 93.9 Å². The van der Waals surface area contributed by atoms with Gasteiger partial charge >= 0.3 is 0 Å². The summed E-state index contributed by atoms with van der Waals surface area (Å²) in [4.78, 5) is 12.9. The molecule has 0 unspecified atom stereocenters. The lowest BCUT2D eigenvalue weighted by molar-refractivity contribution is -0.130. The van der Waals surface area contributed by atoms with Gasteiger partial charge < -0.3 is 5.11 Å². The predicted octanol–water partition coefficient (Wildman–Crippen LogP) is 10.2. The number of hydrogen-bond acceptors (Lipinski definition) is 2. The topological polar surface area (TPSA) is 37.3 Å². The molecule has 2 aliphatic rings. The van der Waals surface area contributed by atoms with Gasteiger partial charge in [0.1, 0.15) is 0 Å². The fourth-order valence-corrected chi connectivity index (χ4v) is 5.19. The van der Waals surface area contributed by atoms with Crippen LogP contribution < -0.4 is 0 Å². The fraction of sp³-hybridized carbons (Fsp3) is 0.447. The Kier molecular flexibility index (Phi) is 13.1. The van der Waals surface area contributed by atoms with E-state index < -0.39 is 16.9 Å². The number of rotatable bonds is 11. The van der Waals surface area contributed by atoms with E-state index in [1.165, 1.54) is 42.4 Å². The van der Waals surface area contributed by atoms with Crippen LogP contribution in [-0.4, -0.2) is 17.0 Å². The largest absolute Gasteiger partial charge is 0.393 e. The molecule has 0 radical (unpaired) electrons. The smallest absolute Gasteiger partial charge is 0.162 e. The number of hydrogen-bond donors (Lipinski definition) is 1. The van der Waals surface area contributed by atoms with Gasteiger partial charge in [-0.15, -0.1) is 0 Å². The molecule has 0 aromatic rings. The highest BCUT2D eigenvalue weighted by molar-refractivity contribution is 5.95. The number of allylic oxidation sites excluding steroid dienone is 20. The highest BCUT2D eigenvalue weighted by Crippen LogP contribution is 2.53. The molecule has 216 valence electrons. The van der Waals surface area contributed by atoms with E-state index in [1.807, 2.05) is 45.9 Å². The Morgan fingerprint density at radius 1 is 0.725 bits per heavy atom. The quantitative estimate of drug-likeness (QED) is 0.209. The molecule has 0 aliphatic heterocycles. The molecule has 1 N–H and O–H groups in total. The van der Waals surface area contributed by atoms with E-state index in [-0.39, 0.29) is 5.78 Å². The van der Waals surface area contributed by atoms with Crippen LogP contribution in [0, 0.1) is 10.8 Å². The number of carbonyl (C=O) groups is 1. The van der Waals surface area contributed by atoms with Crippen molar-refractivity contribution in [2.45, 2.75) is 100 Å². The van der Waals surface area contributed by atoms with Gasteiger partial charge in [0.05, 0.1) is 6.10 Å². The van der Waals surface area contributed by atoms with Crippen molar-refractivity contribution in [3.8, 4) is 0 Å². The van der Waals surface area contributed by atoms with Gasteiger partial charge in [-0.25, -0.2) is 0 Å². The van der Waals surface area contributed by atoms with Crippen molar-refractivity contribution in [3.63, 3.8) is 0 Å². The zero-order valence-corrected chi connectivity index (χ0v) is 26.3. The molecule has 1 saturated carbocycles. The molecular formula is C38H52O2. The second-order valence-electron chi connectivity index (χ2n) is 12.4. The Morgan fingerprint density at radius 3 is 1.75 bits per heavy atom. The second kappa shape index (κ2) is 15.7. The molecule has 0 bridgehead atoms. The average Bonchev–Trinajstić information content (AvgIpc) is 3.12. The summed E-state index contributed by atoms with van der Waals surface area (Å²) in [5.41, 5.74) is 6.73. The Morgan fingerprint density at radius 2 is 1.23 bits per heavy atom. The van der Waals surface area contributed by atoms with Crippen molar-refractivity contribution in [1.82, 2.24) is 0 Å². The van der Waals surface area contributed by atoms with Crippen LogP contribution in [0.4, 0.5) is 0 Å². The minimum atomic E-state index is -0.522. The molecule has 0 amide bonds. The van der Waals surface area contributed by atoms with E-state index in [2.05, 4.69) is 88.5 Å². The molecule has 2 atom stereocenters. The van der Waals surface area contributed by atoms with E-state index in [0.29, 0.717) is 6.42 Å². The van der Waals surface area contributed by atoms with Gasteiger partial charge in [0.2, 0.25) is 0 Å². The van der Waals surface area contributed by atoms with E-state index >= 15 is 0 Å². The van der Waals surface area contributed by atoms with Gasteiger partial charge in [0.15, 0.2) is 5.78 Å². The molecule has 2 rings (SSSR count). The molecule has 2 nitrogen and oxygen atoms in total. The van der Waals surface area contributed by atoms with E-state index in [4.69, 9.17) is 0 Å². The lowest BCUT2D eigenvalue weighted by Crippen LogP contribution is -2.41. The number of carbonyl (C=O) groups excluding carboxylic acids is 1. The highest BCUT2D eigenvalue weighted by Gasteiger charge is 2.54. The Bertz CT molecular complexity index is 1200. The van der Waals surface area contributed by atoms with Crippen LogP contribution in [0.25, 0.3) is 0 Å². The van der Waals surface area contributed by atoms with Gasteiger partial charge in [-0.2, -0.15) is 0 Å². The van der Waals surface area contributed by atoms with E-state index in [0.717, 1.165) is 17.6 Å². The monoisotopic (exact) mass is 540 g/mol. The Hall–Kier alpha value is -2.97. The SMILES string of the molecule is CC1=C(/C=C/C(C)=C/C=C/C(C)=C/C=C/C=C(C)/C=C/C=C(C)/C=C/C(=O)[C@]2(C)CC[C@@H](O)C2(C)C)CCCC1. The molecule has 0 aromatic carbocycles. The third kappa shape index (κ3) is 9.89. The number of aliphatic hydroxyl groups excluding tert-OH is 1. The molecule has 0 heterocycles. The first kappa shape index (κ1) is 33.2. The molecule has 0 spiro atoms. The van der Waals surface area contributed by atoms with Crippen LogP contribution in [0.5, 0.6) is 0 Å². The minimum Gasteiger partial charge on any atom is -0.393 e. The van der Waals surface area contributed by atoms with Crippen molar-refractivity contribution in [1.29, 1.82) is 0 Å². The molecule has 2 aliphatic carbocycles. The average molecular weight is 541 g/mol. The summed E-state index contributed by atoms with van der Waals surface area (Å²) in [6, 6.07) is 0. The first-order chi connectivity index (χ1) is 18.9. The molecule has 1 fully saturated rings. The molecule has 2 heteroatoms. The molecule has 0 aromatic heterocycles. The van der Waals surface area contributed by atoms with Crippen molar-refractivity contribution < 1.29 is 9.90 Å². The third-order valence-electron chi connectivity index (χ3n) is 8.82. The summed E-state index contributed by atoms with van der Waals surface area (Å²) in [7, 11) is 0. The van der Waals surface area contributed by atoms with Crippen LogP contribution in [0.3, 0.4) is 0 Å². The molecule has 40 heavy (non-hydrogen) atoms. The number of aliphatic hydroxyl groups is 1. The summed E-state index contributed by atoms with van der Waals surface area (Å²) in [5, 5.41) is 10.3. The van der Waals surface area contributed by atoms with Crippen LogP contribution >= 0.6 is 0 Å². The van der Waals surface area contributed by atoms with Gasteiger partial charge in [0.25, 0.3) is 0 Å². The summed E-state index contributed by atoms with van der Waals surface area (Å²) in [5.74, 6) is 0.0933. The summed E-state index contributed by atoms with van der Waals surface area (Å²) in [6.45, 7) is 16.6. The van der Waals surface area contributed by atoms with Gasteiger partial charge in [0, 0.05) is 10.8 Å². The van der Waals surface area contributed by atoms with Crippen molar-refractivity contribution >= 4 is 5.78 Å². The van der Waals surface area contributed by atoms with Crippen LogP contribution in [0.2, 0.25) is 0 Å². The van der Waals surface area contributed by atoms with Gasteiger partial charge in [-0.05, 0) is 84.8 Å². The lowest BCUT2D eigenvalue weighted by atomic mass is 9.66. The Balaban J connectivity index is 1.85. The maximum Gasteiger partial charge on any atom is 0.162 e. The van der Waals surface area contributed by atoms with Crippen LogP contribution in [0.15, 0.2) is 119 Å². The van der Waals surface area contributed by atoms with Gasteiger partial charge in [-0.3, -0.25) is 4.79 Å². The zero-order valence-electron chi connectivity index (χ0n) is 26.3. The second-order valence-corrected chi connectivity index (χ2v) is 12.4. The van der Waals surface area contributed by atoms with Crippen LogP contribution in [-0.2, 0) is 4.79 Å². The lowest BCUT2D eigenvalue weighted by Gasteiger charge is -2.38. The zero-order chi connectivity index (χ0) is 29.8. The van der Waals surface area contributed by atoms with E-state index in [1.54, 1.807) is 11.6 Å². The molecule has 0 saturated heterocycles. The van der Waals surface area contributed by atoms with E-state index in [9.17, 15) is 9.90 Å². The number of ketones is 1. The fourth-order valence-electron chi connectivity index (χ4n) is 5.19. The normalized spacial score (nSPS) is 25.7. The first-order valence-corrected chi connectivity index (χ1v) is 14.9. The first-order valence-electron chi connectivity index (χ1n) is 14.9. The molecular weight excluding hydrogens is 488 g/mol. The maximum absolute atomic E-state index is 12.9. The minimum absolute atomic E-state index is 0.0933. The highest BCUT2D eigenvalue weighted by atomic mass is 16.3. The van der Waals surface area contributed by atoms with Gasteiger partial charge in [-0.1, -0.05) is 128 Å². The predicted molar refractivity (Wildman–Crippen MR) is 174 cm³/mol. The standard InChI is InChI=1S/C38H52O2/c1-29(17-13-19-31(3)23-25-34-22-12-11-21-33(34)5)15-9-10-16-30(2)18-14-20-32(4)24-26-36(40)38(8)28-27-35(39)37(38,6)7/h9-10,13-20,23-26,35,39H,11-12,21-22,27-28H2,1-8H3/b10-9+,17-13+,18-14+,25-23+,26-24+,29-15+,30-16+,31-19+,32-20+/t35-,38+/m1/s1.